The van der Waals surface area contributed by atoms with E-state index in [0.717, 1.165) is 5.56 Å². The lowest BCUT2D eigenvalue weighted by Gasteiger charge is -2.29. The third-order valence-electron chi connectivity index (χ3n) is 6.44. The maximum Gasteiger partial charge on any atom is 0.326 e. The molecule has 1 N–H and O–H groups in total. The molecule has 1 amide bonds. The monoisotopic (exact) mass is 526 g/mol. The third kappa shape index (κ3) is 8.94. The highest BCUT2D eigenvalue weighted by Gasteiger charge is 2.35. The van der Waals surface area contributed by atoms with Gasteiger partial charge in [0.25, 0.3) is 0 Å². The van der Waals surface area contributed by atoms with Gasteiger partial charge in [-0.15, -0.1) is 0 Å². The van der Waals surface area contributed by atoms with Gasteiger partial charge in [-0.05, 0) is 76.6 Å². The number of ether oxygens (including phenoxy) is 2. The Labute approximate surface area is 224 Å². The fraction of sp³-hybridized carbons (Fsp3) is 0.500. The molecular weight excluding hydrogens is 487 g/mol. The first-order valence-electron chi connectivity index (χ1n) is 13.3. The summed E-state index contributed by atoms with van der Waals surface area (Å²) in [6, 6.07) is 15.0. The number of hydrogen-bond donors (Lipinski definition) is 1. The molecule has 3 rings (SSSR count). The van der Waals surface area contributed by atoms with Gasteiger partial charge in [0, 0.05) is 12.6 Å². The highest BCUT2D eigenvalue weighted by atomic mass is 19.1. The Morgan fingerprint density at radius 1 is 1.08 bits per heavy atom. The zero-order chi connectivity index (χ0) is 27.7. The minimum absolute atomic E-state index is 0.208. The fourth-order valence-electron chi connectivity index (χ4n) is 4.72. The first-order valence-corrected chi connectivity index (χ1v) is 13.3. The summed E-state index contributed by atoms with van der Waals surface area (Å²) in [4.78, 5) is 40.6. The summed E-state index contributed by atoms with van der Waals surface area (Å²) in [6.45, 7) is 7.39. The Bertz CT molecular complexity index is 1070. The number of aryl methyl sites for hydroxylation is 1. The Balaban J connectivity index is 1.80. The maximum absolute atomic E-state index is 13.6. The second-order valence-corrected chi connectivity index (χ2v) is 10.7. The van der Waals surface area contributed by atoms with Crippen molar-refractivity contribution < 1.29 is 28.2 Å². The van der Waals surface area contributed by atoms with Gasteiger partial charge < -0.3 is 14.4 Å². The number of likely N-dealkylation sites (tertiary alicyclic amines) is 1. The molecule has 0 aromatic heterocycles. The van der Waals surface area contributed by atoms with Crippen molar-refractivity contribution in [1.82, 2.24) is 10.2 Å². The van der Waals surface area contributed by atoms with Crippen molar-refractivity contribution >= 4 is 17.8 Å². The van der Waals surface area contributed by atoms with E-state index in [4.69, 9.17) is 9.47 Å². The molecular formula is C30H39FN2O5. The SMILES string of the molecule is CCOC(=O)[C@H](CCc1ccccc1)N[C@H]1CC[C@H](c2ccc(F)cc2)C(=O)N(CC(=O)OC(C)(C)C)C1. The van der Waals surface area contributed by atoms with Gasteiger partial charge in [0.05, 0.1) is 12.5 Å². The summed E-state index contributed by atoms with van der Waals surface area (Å²) in [6.07, 6.45) is 2.28. The number of amides is 1. The molecule has 38 heavy (non-hydrogen) atoms. The average Bonchev–Trinajstić information content (AvgIpc) is 3.00. The molecule has 2 aromatic rings. The lowest BCUT2D eigenvalue weighted by molar-refractivity contribution is -0.159. The predicted octanol–water partition coefficient (Wildman–Crippen LogP) is 4.40. The number of nitrogens with zero attached hydrogens (tertiary/aromatic N) is 1. The van der Waals surface area contributed by atoms with Crippen LogP contribution in [-0.4, -0.2) is 60.1 Å². The summed E-state index contributed by atoms with van der Waals surface area (Å²) in [5.74, 6) is -1.97. The molecule has 2 aromatic carbocycles. The van der Waals surface area contributed by atoms with Crippen LogP contribution in [0.3, 0.4) is 0 Å². The Morgan fingerprint density at radius 2 is 1.76 bits per heavy atom. The van der Waals surface area contributed by atoms with Crippen molar-refractivity contribution in [3.05, 3.63) is 71.5 Å². The number of hydrogen-bond acceptors (Lipinski definition) is 6. The molecule has 0 aliphatic carbocycles. The summed E-state index contributed by atoms with van der Waals surface area (Å²) < 4.78 is 24.4. The van der Waals surface area contributed by atoms with E-state index in [1.165, 1.54) is 17.0 Å². The van der Waals surface area contributed by atoms with Crippen molar-refractivity contribution in [3.8, 4) is 0 Å². The largest absolute Gasteiger partial charge is 0.465 e. The predicted molar refractivity (Wildman–Crippen MR) is 143 cm³/mol. The number of rotatable bonds is 10. The van der Waals surface area contributed by atoms with E-state index in [2.05, 4.69) is 5.32 Å². The lowest BCUT2D eigenvalue weighted by Crippen LogP contribution is -2.50. The van der Waals surface area contributed by atoms with Crippen molar-refractivity contribution in [3.63, 3.8) is 0 Å². The molecule has 1 fully saturated rings. The molecule has 0 radical (unpaired) electrons. The molecule has 1 aliphatic heterocycles. The first kappa shape index (κ1) is 29.3. The minimum atomic E-state index is -0.688. The summed E-state index contributed by atoms with van der Waals surface area (Å²) in [7, 11) is 0. The molecule has 1 saturated heterocycles. The fourth-order valence-corrected chi connectivity index (χ4v) is 4.72. The first-order chi connectivity index (χ1) is 18.1. The Morgan fingerprint density at radius 3 is 2.39 bits per heavy atom. The van der Waals surface area contributed by atoms with Crippen LogP contribution in [0.25, 0.3) is 0 Å². The van der Waals surface area contributed by atoms with E-state index >= 15 is 0 Å². The summed E-state index contributed by atoms with van der Waals surface area (Å²) >= 11 is 0. The highest BCUT2D eigenvalue weighted by Crippen LogP contribution is 2.29. The third-order valence-corrected chi connectivity index (χ3v) is 6.44. The molecule has 0 unspecified atom stereocenters. The van der Waals surface area contributed by atoms with Gasteiger partial charge in [0.1, 0.15) is 24.0 Å². The minimum Gasteiger partial charge on any atom is -0.465 e. The summed E-state index contributed by atoms with van der Waals surface area (Å²) in [5.41, 5.74) is 1.12. The zero-order valence-electron chi connectivity index (χ0n) is 22.7. The molecule has 8 heteroatoms. The number of nitrogens with one attached hydrogen (secondary N) is 1. The highest BCUT2D eigenvalue weighted by molar-refractivity contribution is 5.87. The quantitative estimate of drug-likeness (QED) is 0.462. The molecule has 0 spiro atoms. The van der Waals surface area contributed by atoms with Crippen LogP contribution in [0, 0.1) is 5.82 Å². The van der Waals surface area contributed by atoms with E-state index in [0.29, 0.717) is 31.2 Å². The van der Waals surface area contributed by atoms with E-state index in [1.54, 1.807) is 39.8 Å². The van der Waals surface area contributed by atoms with Crippen molar-refractivity contribution in [2.75, 3.05) is 19.7 Å². The smallest absolute Gasteiger partial charge is 0.326 e. The van der Waals surface area contributed by atoms with Crippen LogP contribution in [-0.2, 0) is 30.3 Å². The average molecular weight is 527 g/mol. The van der Waals surface area contributed by atoms with Gasteiger partial charge in [0.15, 0.2) is 0 Å². The van der Waals surface area contributed by atoms with E-state index in [-0.39, 0.29) is 43.4 Å². The molecule has 7 nitrogen and oxygen atoms in total. The molecule has 0 saturated carbocycles. The Hall–Kier alpha value is -3.26. The van der Waals surface area contributed by atoms with Crippen LogP contribution >= 0.6 is 0 Å². The number of carbonyl (C=O) groups excluding carboxylic acids is 3. The second-order valence-electron chi connectivity index (χ2n) is 10.7. The van der Waals surface area contributed by atoms with Gasteiger partial charge >= 0.3 is 11.9 Å². The topological polar surface area (TPSA) is 84.9 Å². The maximum atomic E-state index is 13.6. The van der Waals surface area contributed by atoms with Gasteiger partial charge in [-0.1, -0.05) is 42.5 Å². The number of halogens is 1. The number of esters is 2. The van der Waals surface area contributed by atoms with Crippen molar-refractivity contribution in [2.45, 2.75) is 77.0 Å². The van der Waals surface area contributed by atoms with Gasteiger partial charge in [-0.25, -0.2) is 4.39 Å². The molecule has 3 atom stereocenters. The van der Waals surface area contributed by atoms with Crippen LogP contribution in [0.2, 0.25) is 0 Å². The van der Waals surface area contributed by atoms with Crippen LogP contribution in [0.15, 0.2) is 54.6 Å². The van der Waals surface area contributed by atoms with Crippen molar-refractivity contribution in [2.24, 2.45) is 0 Å². The van der Waals surface area contributed by atoms with E-state index < -0.39 is 23.5 Å². The summed E-state index contributed by atoms with van der Waals surface area (Å²) in [5, 5.41) is 3.42. The zero-order valence-corrected chi connectivity index (χ0v) is 22.7. The molecule has 0 bridgehead atoms. The molecule has 1 heterocycles. The van der Waals surface area contributed by atoms with E-state index in [1.807, 2.05) is 30.3 Å². The van der Waals surface area contributed by atoms with E-state index in [9.17, 15) is 18.8 Å². The Kier molecular flexibility index (Phi) is 10.4. The van der Waals surface area contributed by atoms with Crippen LogP contribution < -0.4 is 5.32 Å². The van der Waals surface area contributed by atoms with Crippen LogP contribution in [0.4, 0.5) is 4.39 Å². The lowest BCUT2D eigenvalue weighted by atomic mass is 9.92. The van der Waals surface area contributed by atoms with Gasteiger partial charge in [-0.2, -0.15) is 0 Å². The standard InChI is InChI=1S/C30H39FN2O5/c1-5-37-29(36)26(18-11-21-9-7-6-8-10-21)32-24-16-17-25(22-12-14-23(31)15-13-22)28(35)33(19-24)20-27(34)38-30(2,3)4/h6-10,12-15,24-26,32H,5,11,16-20H2,1-4H3/t24-,25+,26-/m0/s1. The number of carbonyl (C=O) groups is 3. The molecule has 206 valence electrons. The van der Waals surface area contributed by atoms with Crippen molar-refractivity contribution in [1.29, 1.82) is 0 Å². The second kappa shape index (κ2) is 13.5. The van der Waals surface area contributed by atoms with Gasteiger partial charge in [0.2, 0.25) is 5.91 Å². The molecule has 1 aliphatic rings. The number of benzene rings is 2. The van der Waals surface area contributed by atoms with Crippen LogP contribution in [0.1, 0.15) is 64.0 Å². The normalized spacial score (nSPS) is 19.0. The van der Waals surface area contributed by atoms with Gasteiger partial charge in [-0.3, -0.25) is 19.7 Å². The van der Waals surface area contributed by atoms with Crippen LogP contribution in [0.5, 0.6) is 0 Å².